The van der Waals surface area contributed by atoms with Crippen molar-refractivity contribution in [3.8, 4) is 0 Å². The van der Waals surface area contributed by atoms with Gasteiger partial charge in [-0.2, -0.15) is 0 Å². The maximum Gasteiger partial charge on any atom is 0.123 e. The Kier molecular flexibility index (Phi) is 6.28. The molecule has 1 N–H and O–H groups in total. The zero-order valence-electron chi connectivity index (χ0n) is 18.6. The molecular weight excluding hydrogens is 401 g/mol. The van der Waals surface area contributed by atoms with Crippen LogP contribution in [-0.2, 0) is 19.3 Å². The van der Waals surface area contributed by atoms with E-state index in [2.05, 4.69) is 34.1 Å². The van der Waals surface area contributed by atoms with Crippen molar-refractivity contribution >= 4 is 5.69 Å². The number of hydrogen-bond donors (Lipinski definition) is 1. The van der Waals surface area contributed by atoms with Crippen molar-refractivity contribution in [2.75, 3.05) is 37.6 Å². The SMILES string of the molecule is ON1C=CC(Cc2ccc3c(c2)N(C2CCN(CCc4ccc(F)cc4)CC2)CC3)=CC1. The van der Waals surface area contributed by atoms with Gasteiger partial charge in [0.2, 0.25) is 0 Å². The van der Waals surface area contributed by atoms with E-state index in [1.165, 1.54) is 45.9 Å². The van der Waals surface area contributed by atoms with Gasteiger partial charge in [0, 0.05) is 44.1 Å². The van der Waals surface area contributed by atoms with Crippen LogP contribution in [0.1, 0.15) is 29.5 Å². The summed E-state index contributed by atoms with van der Waals surface area (Å²) in [4.78, 5) is 5.20. The molecule has 2 aromatic rings. The Balaban J connectivity index is 1.17. The first-order valence-electron chi connectivity index (χ1n) is 11.8. The molecule has 0 bridgehead atoms. The second-order valence-electron chi connectivity index (χ2n) is 9.25. The highest BCUT2D eigenvalue weighted by Gasteiger charge is 2.29. The molecule has 4 nitrogen and oxygen atoms in total. The van der Waals surface area contributed by atoms with E-state index in [0.717, 1.165) is 45.4 Å². The monoisotopic (exact) mass is 433 g/mol. The molecule has 0 unspecified atom stereocenters. The van der Waals surface area contributed by atoms with Gasteiger partial charge in [0.15, 0.2) is 0 Å². The van der Waals surface area contributed by atoms with Crippen LogP contribution in [0.25, 0.3) is 0 Å². The van der Waals surface area contributed by atoms with Crippen LogP contribution in [0.4, 0.5) is 10.1 Å². The van der Waals surface area contributed by atoms with E-state index in [-0.39, 0.29) is 5.82 Å². The summed E-state index contributed by atoms with van der Waals surface area (Å²) in [6, 6.07) is 14.5. The fourth-order valence-corrected chi connectivity index (χ4v) is 5.22. The maximum atomic E-state index is 13.1. The first-order valence-corrected chi connectivity index (χ1v) is 11.8. The Labute approximate surface area is 190 Å². The number of benzene rings is 2. The van der Waals surface area contributed by atoms with Gasteiger partial charge < -0.3 is 9.80 Å². The average molecular weight is 434 g/mol. The lowest BCUT2D eigenvalue weighted by molar-refractivity contribution is -0.0306. The number of hydroxylamine groups is 2. The van der Waals surface area contributed by atoms with Gasteiger partial charge in [-0.3, -0.25) is 10.3 Å². The molecule has 0 atom stereocenters. The highest BCUT2D eigenvalue weighted by Crippen LogP contribution is 2.34. The Morgan fingerprint density at radius 2 is 1.75 bits per heavy atom. The van der Waals surface area contributed by atoms with E-state index < -0.39 is 0 Å². The van der Waals surface area contributed by atoms with Gasteiger partial charge in [-0.1, -0.05) is 30.3 Å². The zero-order chi connectivity index (χ0) is 21.9. The quantitative estimate of drug-likeness (QED) is 0.722. The minimum Gasteiger partial charge on any atom is -0.368 e. The van der Waals surface area contributed by atoms with Crippen LogP contribution in [-0.4, -0.2) is 53.9 Å². The molecule has 0 amide bonds. The minimum absolute atomic E-state index is 0.160. The third-order valence-corrected chi connectivity index (χ3v) is 7.12. The molecule has 3 aliphatic heterocycles. The molecule has 0 aromatic heterocycles. The molecule has 2 aromatic carbocycles. The third kappa shape index (κ3) is 4.89. The third-order valence-electron chi connectivity index (χ3n) is 7.12. The van der Waals surface area contributed by atoms with Crippen LogP contribution < -0.4 is 4.90 Å². The summed E-state index contributed by atoms with van der Waals surface area (Å²) in [6.07, 6.45) is 11.3. The normalized spacial score (nSPS) is 19.4. The van der Waals surface area contributed by atoms with Gasteiger partial charge in [-0.05, 0) is 78.6 Å². The van der Waals surface area contributed by atoms with Crippen LogP contribution in [0.15, 0.2) is 66.4 Å². The van der Waals surface area contributed by atoms with E-state index in [1.807, 2.05) is 18.2 Å². The fraction of sp³-hybridized carbons (Fsp3) is 0.407. The van der Waals surface area contributed by atoms with E-state index in [0.29, 0.717) is 12.6 Å². The van der Waals surface area contributed by atoms with E-state index in [4.69, 9.17) is 0 Å². The van der Waals surface area contributed by atoms with Crippen LogP contribution in [0.2, 0.25) is 0 Å². The number of fused-ring (bicyclic) bond motifs is 1. The zero-order valence-corrected chi connectivity index (χ0v) is 18.6. The summed E-state index contributed by atoms with van der Waals surface area (Å²) in [5, 5.41) is 10.7. The van der Waals surface area contributed by atoms with Crippen LogP contribution in [0, 0.1) is 5.82 Å². The van der Waals surface area contributed by atoms with Crippen molar-refractivity contribution in [2.24, 2.45) is 0 Å². The van der Waals surface area contributed by atoms with E-state index >= 15 is 0 Å². The lowest BCUT2D eigenvalue weighted by Crippen LogP contribution is -2.45. The van der Waals surface area contributed by atoms with Gasteiger partial charge >= 0.3 is 0 Å². The number of nitrogens with zero attached hydrogens (tertiary/aromatic N) is 3. The maximum absolute atomic E-state index is 13.1. The minimum atomic E-state index is -0.160. The van der Waals surface area contributed by atoms with Crippen molar-refractivity contribution in [2.45, 2.75) is 38.1 Å². The second-order valence-corrected chi connectivity index (χ2v) is 9.25. The molecule has 168 valence electrons. The first kappa shape index (κ1) is 21.2. The van der Waals surface area contributed by atoms with Gasteiger partial charge in [-0.15, -0.1) is 0 Å². The Morgan fingerprint density at radius 3 is 2.50 bits per heavy atom. The van der Waals surface area contributed by atoms with E-state index in [1.54, 1.807) is 18.3 Å². The molecule has 1 fully saturated rings. The summed E-state index contributed by atoms with van der Waals surface area (Å²) < 4.78 is 13.1. The van der Waals surface area contributed by atoms with Crippen molar-refractivity contribution in [3.05, 3.63) is 88.9 Å². The number of likely N-dealkylation sites (tertiary alicyclic amines) is 1. The summed E-state index contributed by atoms with van der Waals surface area (Å²) in [5.41, 5.74) is 6.71. The molecule has 0 spiro atoms. The standard InChI is InChI=1S/C27H32FN3O/c28-25-5-2-21(3-6-25)7-13-29-14-11-26(12-15-29)31-18-10-24-4-1-23(20-27(24)31)19-22-8-16-30(32)17-9-22/h1-6,8-9,16,20,26,32H,7,10-15,17-19H2. The molecule has 0 radical (unpaired) electrons. The van der Waals surface area contributed by atoms with Crippen LogP contribution in [0.5, 0.6) is 0 Å². The lowest BCUT2D eigenvalue weighted by Gasteiger charge is -2.38. The summed E-state index contributed by atoms with van der Waals surface area (Å²) in [5.74, 6) is -0.160. The molecule has 3 aliphatic rings. The number of halogens is 1. The largest absolute Gasteiger partial charge is 0.368 e. The number of hydrogen-bond acceptors (Lipinski definition) is 4. The average Bonchev–Trinajstić information content (AvgIpc) is 3.24. The Bertz CT molecular complexity index is 992. The van der Waals surface area contributed by atoms with Gasteiger partial charge in [-0.25, -0.2) is 4.39 Å². The van der Waals surface area contributed by atoms with Crippen molar-refractivity contribution in [1.82, 2.24) is 9.96 Å². The number of piperidine rings is 1. The van der Waals surface area contributed by atoms with Crippen LogP contribution in [0.3, 0.4) is 0 Å². The molecule has 5 heteroatoms. The molecule has 0 saturated carbocycles. The van der Waals surface area contributed by atoms with Gasteiger partial charge in [0.1, 0.15) is 5.82 Å². The highest BCUT2D eigenvalue weighted by atomic mass is 19.1. The van der Waals surface area contributed by atoms with Crippen LogP contribution >= 0.6 is 0 Å². The summed E-state index contributed by atoms with van der Waals surface area (Å²) in [7, 11) is 0. The molecule has 3 heterocycles. The van der Waals surface area contributed by atoms with Crippen molar-refractivity contribution in [3.63, 3.8) is 0 Å². The smallest absolute Gasteiger partial charge is 0.123 e. The Morgan fingerprint density at radius 1 is 0.969 bits per heavy atom. The number of rotatable bonds is 6. The number of allylic oxidation sites excluding steroid dienone is 2. The molecular formula is C27H32FN3O. The summed E-state index contributed by atoms with van der Waals surface area (Å²) in [6.45, 7) is 5.00. The first-order chi connectivity index (χ1) is 15.6. The molecule has 32 heavy (non-hydrogen) atoms. The van der Waals surface area contributed by atoms with Crippen molar-refractivity contribution < 1.29 is 9.60 Å². The molecule has 1 saturated heterocycles. The highest BCUT2D eigenvalue weighted by molar-refractivity contribution is 5.61. The molecule has 5 rings (SSSR count). The van der Waals surface area contributed by atoms with Crippen molar-refractivity contribution in [1.29, 1.82) is 0 Å². The van der Waals surface area contributed by atoms with E-state index in [9.17, 15) is 9.60 Å². The predicted octanol–water partition coefficient (Wildman–Crippen LogP) is 4.58. The Hall–Kier alpha value is -2.63. The topological polar surface area (TPSA) is 30.0 Å². The lowest BCUT2D eigenvalue weighted by atomic mass is 9.99. The van der Waals surface area contributed by atoms with Gasteiger partial charge in [0.05, 0.1) is 6.54 Å². The number of anilines is 1. The summed E-state index contributed by atoms with van der Waals surface area (Å²) >= 11 is 0. The second kappa shape index (κ2) is 9.47. The molecule has 0 aliphatic carbocycles. The predicted molar refractivity (Wildman–Crippen MR) is 126 cm³/mol. The van der Waals surface area contributed by atoms with Gasteiger partial charge in [0.25, 0.3) is 0 Å². The fourth-order valence-electron chi connectivity index (χ4n) is 5.22.